The van der Waals surface area contributed by atoms with E-state index in [1.54, 1.807) is 6.07 Å². The quantitative estimate of drug-likeness (QED) is 0.789. The van der Waals surface area contributed by atoms with Crippen molar-refractivity contribution in [3.63, 3.8) is 0 Å². The fraction of sp³-hybridized carbons (Fsp3) is 0.636. The molecule has 5 heteroatoms. The summed E-state index contributed by atoms with van der Waals surface area (Å²) in [5.74, 6) is 2.07. The molecule has 0 unspecified atom stereocenters. The molecule has 2 fully saturated rings. The Kier molecular flexibility index (Phi) is 2.30. The summed E-state index contributed by atoms with van der Waals surface area (Å²) in [6, 6.07) is 1.73. The van der Waals surface area contributed by atoms with E-state index in [0.717, 1.165) is 37.3 Å². The number of aliphatic hydroxyl groups is 1. The molecule has 3 rings (SSSR count). The van der Waals surface area contributed by atoms with Crippen LogP contribution in [-0.4, -0.2) is 27.2 Å². The second-order valence-corrected chi connectivity index (χ2v) is 5.16. The molecule has 0 spiro atoms. The van der Waals surface area contributed by atoms with Crippen LogP contribution in [-0.2, 0) is 0 Å². The Morgan fingerprint density at radius 3 is 2.75 bits per heavy atom. The van der Waals surface area contributed by atoms with Crippen LogP contribution in [0.25, 0.3) is 0 Å². The van der Waals surface area contributed by atoms with E-state index in [-0.39, 0.29) is 12.1 Å². The van der Waals surface area contributed by atoms with Crippen molar-refractivity contribution >= 4 is 17.4 Å². The molecule has 2 aliphatic carbocycles. The van der Waals surface area contributed by atoms with Crippen molar-refractivity contribution in [1.82, 2.24) is 9.97 Å². The first kappa shape index (κ1) is 10.3. The number of anilines is 1. The van der Waals surface area contributed by atoms with Gasteiger partial charge in [0.1, 0.15) is 16.8 Å². The molecular weight excluding hydrogens is 226 g/mol. The monoisotopic (exact) mass is 239 g/mol. The highest BCUT2D eigenvalue weighted by atomic mass is 35.5. The Morgan fingerprint density at radius 2 is 2.19 bits per heavy atom. The maximum Gasteiger partial charge on any atom is 0.135 e. The molecule has 0 radical (unpaired) electrons. The first-order valence-electron chi connectivity index (χ1n) is 5.64. The number of hydrogen-bond donors (Lipinski definition) is 2. The second kappa shape index (κ2) is 3.57. The normalized spacial score (nSPS) is 21.9. The van der Waals surface area contributed by atoms with Crippen LogP contribution in [0, 0.1) is 0 Å². The van der Waals surface area contributed by atoms with Gasteiger partial charge in [-0.25, -0.2) is 9.97 Å². The molecular formula is C11H14ClN3O. The van der Waals surface area contributed by atoms with Gasteiger partial charge in [-0.1, -0.05) is 11.6 Å². The van der Waals surface area contributed by atoms with Crippen molar-refractivity contribution in [2.45, 2.75) is 37.1 Å². The van der Waals surface area contributed by atoms with E-state index < -0.39 is 0 Å². The molecule has 0 amide bonds. The third-order valence-electron chi connectivity index (χ3n) is 3.20. The van der Waals surface area contributed by atoms with Crippen LogP contribution >= 0.6 is 11.6 Å². The Morgan fingerprint density at radius 1 is 1.44 bits per heavy atom. The van der Waals surface area contributed by atoms with Crippen LogP contribution in [0.15, 0.2) is 6.07 Å². The van der Waals surface area contributed by atoms with Crippen molar-refractivity contribution in [3.05, 3.63) is 17.0 Å². The maximum atomic E-state index is 9.24. The highest BCUT2D eigenvalue weighted by Gasteiger charge is 2.42. The third-order valence-corrected chi connectivity index (χ3v) is 3.40. The number of rotatable bonds is 4. The van der Waals surface area contributed by atoms with Gasteiger partial charge in [-0.05, 0) is 25.7 Å². The summed E-state index contributed by atoms with van der Waals surface area (Å²) in [4.78, 5) is 8.67. The van der Waals surface area contributed by atoms with Crippen molar-refractivity contribution in [2.24, 2.45) is 0 Å². The van der Waals surface area contributed by atoms with Crippen molar-refractivity contribution < 1.29 is 5.11 Å². The highest BCUT2D eigenvalue weighted by Crippen LogP contribution is 2.41. The van der Waals surface area contributed by atoms with Gasteiger partial charge in [0.05, 0.1) is 12.1 Å². The van der Waals surface area contributed by atoms with Crippen LogP contribution < -0.4 is 5.32 Å². The molecule has 0 bridgehead atoms. The van der Waals surface area contributed by atoms with E-state index in [2.05, 4.69) is 15.3 Å². The lowest BCUT2D eigenvalue weighted by atomic mass is 10.3. The van der Waals surface area contributed by atoms with E-state index in [1.807, 2.05) is 0 Å². The Balaban J connectivity index is 1.83. The molecule has 16 heavy (non-hydrogen) atoms. The molecule has 1 aromatic heterocycles. The van der Waals surface area contributed by atoms with Crippen molar-refractivity contribution in [2.75, 3.05) is 11.9 Å². The van der Waals surface area contributed by atoms with Gasteiger partial charge in [0.25, 0.3) is 0 Å². The second-order valence-electron chi connectivity index (χ2n) is 4.77. The molecule has 4 nitrogen and oxygen atoms in total. The summed E-state index contributed by atoms with van der Waals surface area (Å²) >= 11 is 5.96. The molecule has 1 heterocycles. The summed E-state index contributed by atoms with van der Waals surface area (Å²) in [6.07, 6.45) is 4.30. The standard InChI is InChI=1S/C11H14ClN3O/c12-8-5-9(15-11(6-16)3-4-11)14-10(13-8)7-1-2-7/h5,7,16H,1-4,6H2,(H,13,14,15). The predicted octanol–water partition coefficient (Wildman–Crippen LogP) is 1.94. The molecule has 0 aromatic carbocycles. The SMILES string of the molecule is OCC1(Nc2cc(Cl)nc(C3CC3)n2)CC1. The molecule has 2 N–H and O–H groups in total. The minimum Gasteiger partial charge on any atom is -0.394 e. The minimum atomic E-state index is -0.154. The minimum absolute atomic E-state index is 0.146. The average molecular weight is 240 g/mol. The predicted molar refractivity (Wildman–Crippen MR) is 61.7 cm³/mol. The van der Waals surface area contributed by atoms with Crippen LogP contribution in [0.3, 0.4) is 0 Å². The van der Waals surface area contributed by atoms with Gasteiger partial charge in [0.15, 0.2) is 0 Å². The number of halogens is 1. The number of aromatic nitrogens is 2. The number of nitrogens with zero attached hydrogens (tertiary/aromatic N) is 2. The van der Waals surface area contributed by atoms with Crippen LogP contribution in [0.5, 0.6) is 0 Å². The van der Waals surface area contributed by atoms with Gasteiger partial charge in [-0.2, -0.15) is 0 Å². The molecule has 2 saturated carbocycles. The first-order chi connectivity index (χ1) is 7.71. The third kappa shape index (κ3) is 1.99. The van der Waals surface area contributed by atoms with Gasteiger partial charge < -0.3 is 10.4 Å². The van der Waals surface area contributed by atoms with Gasteiger partial charge in [-0.3, -0.25) is 0 Å². The smallest absolute Gasteiger partial charge is 0.135 e. The molecule has 86 valence electrons. The lowest BCUT2D eigenvalue weighted by Gasteiger charge is -2.15. The zero-order valence-corrected chi connectivity index (χ0v) is 9.67. The Labute approximate surface area is 99.1 Å². The van der Waals surface area contributed by atoms with Crippen molar-refractivity contribution in [3.8, 4) is 0 Å². The average Bonchev–Trinajstić information content (AvgIpc) is 3.13. The van der Waals surface area contributed by atoms with Gasteiger partial charge in [0.2, 0.25) is 0 Å². The van der Waals surface area contributed by atoms with Gasteiger partial charge in [-0.15, -0.1) is 0 Å². The summed E-state index contributed by atoms with van der Waals surface area (Å²) < 4.78 is 0. The zero-order chi connectivity index (χ0) is 11.2. The number of hydrogen-bond acceptors (Lipinski definition) is 4. The first-order valence-corrected chi connectivity index (χ1v) is 6.02. The molecule has 2 aliphatic rings. The fourth-order valence-corrected chi connectivity index (χ4v) is 1.96. The van der Waals surface area contributed by atoms with Crippen LogP contribution in [0.4, 0.5) is 5.82 Å². The molecule has 0 aliphatic heterocycles. The van der Waals surface area contributed by atoms with E-state index in [9.17, 15) is 5.11 Å². The van der Waals surface area contributed by atoms with Crippen LogP contribution in [0.1, 0.15) is 37.4 Å². The highest BCUT2D eigenvalue weighted by molar-refractivity contribution is 6.29. The summed E-state index contributed by atoms with van der Waals surface area (Å²) in [7, 11) is 0. The lowest BCUT2D eigenvalue weighted by Crippen LogP contribution is -2.26. The Bertz CT molecular complexity index is 416. The largest absolute Gasteiger partial charge is 0.394 e. The van der Waals surface area contributed by atoms with Crippen molar-refractivity contribution in [1.29, 1.82) is 0 Å². The topological polar surface area (TPSA) is 58.0 Å². The van der Waals surface area contributed by atoms with E-state index in [4.69, 9.17) is 11.6 Å². The number of aliphatic hydroxyl groups excluding tert-OH is 1. The van der Waals surface area contributed by atoms with Crippen LogP contribution in [0.2, 0.25) is 5.15 Å². The summed E-state index contributed by atoms with van der Waals surface area (Å²) in [5, 5.41) is 13.0. The van der Waals surface area contributed by atoms with E-state index in [0.29, 0.717) is 11.1 Å². The summed E-state index contributed by atoms with van der Waals surface area (Å²) in [6.45, 7) is 0.146. The molecule has 0 saturated heterocycles. The summed E-state index contributed by atoms with van der Waals surface area (Å²) in [5.41, 5.74) is -0.154. The molecule has 0 atom stereocenters. The van der Waals surface area contributed by atoms with Gasteiger partial charge >= 0.3 is 0 Å². The molecule has 1 aromatic rings. The number of nitrogens with one attached hydrogen (secondary N) is 1. The van der Waals surface area contributed by atoms with E-state index >= 15 is 0 Å². The fourth-order valence-electron chi connectivity index (χ4n) is 1.77. The maximum absolute atomic E-state index is 9.24. The van der Waals surface area contributed by atoms with Gasteiger partial charge in [0, 0.05) is 12.0 Å². The Hall–Kier alpha value is -0.870. The lowest BCUT2D eigenvalue weighted by molar-refractivity contribution is 0.266. The zero-order valence-electron chi connectivity index (χ0n) is 8.91. The van der Waals surface area contributed by atoms with E-state index in [1.165, 1.54) is 0 Å².